The Morgan fingerprint density at radius 1 is 1.23 bits per heavy atom. The quantitative estimate of drug-likeness (QED) is 0.437. The average molecular weight is 377 g/mol. The van der Waals surface area contributed by atoms with Crippen molar-refractivity contribution >= 4 is 29.2 Å². The van der Waals surface area contributed by atoms with Crippen LogP contribution in [-0.2, 0) is 16.1 Å². The van der Waals surface area contributed by atoms with Crippen LogP contribution in [0.4, 0.5) is 5.69 Å². The van der Waals surface area contributed by atoms with Gasteiger partial charge in [0.15, 0.2) is 6.10 Å². The van der Waals surface area contributed by atoms with E-state index in [1.165, 1.54) is 24.0 Å². The van der Waals surface area contributed by atoms with Gasteiger partial charge in [-0.1, -0.05) is 41.9 Å². The highest BCUT2D eigenvalue weighted by atomic mass is 35.5. The van der Waals surface area contributed by atoms with Gasteiger partial charge in [0.1, 0.15) is 5.56 Å². The molecule has 8 heteroatoms. The van der Waals surface area contributed by atoms with E-state index in [1.54, 1.807) is 7.05 Å². The lowest BCUT2D eigenvalue weighted by molar-refractivity contribution is -0.385. The maximum Gasteiger partial charge on any atom is 0.345 e. The number of carbonyl (C=O) groups is 2. The minimum Gasteiger partial charge on any atom is -0.449 e. The number of nitro groups is 1. The van der Waals surface area contributed by atoms with Crippen molar-refractivity contribution in [2.75, 3.05) is 7.05 Å². The largest absolute Gasteiger partial charge is 0.449 e. The van der Waals surface area contributed by atoms with Gasteiger partial charge in [-0.2, -0.15) is 0 Å². The molecule has 0 radical (unpaired) electrons. The molecule has 0 spiro atoms. The lowest BCUT2D eigenvalue weighted by Crippen LogP contribution is -2.37. The predicted octanol–water partition coefficient (Wildman–Crippen LogP) is 3.45. The molecule has 0 N–H and O–H groups in total. The highest BCUT2D eigenvalue weighted by Gasteiger charge is 2.27. The number of amides is 1. The first-order valence-corrected chi connectivity index (χ1v) is 8.11. The second-order valence-electron chi connectivity index (χ2n) is 5.65. The number of nitrogens with zero attached hydrogens (tertiary/aromatic N) is 2. The summed E-state index contributed by atoms with van der Waals surface area (Å²) in [5.74, 6) is -1.37. The van der Waals surface area contributed by atoms with Crippen molar-refractivity contribution in [3.63, 3.8) is 0 Å². The van der Waals surface area contributed by atoms with E-state index in [9.17, 15) is 19.7 Å². The van der Waals surface area contributed by atoms with E-state index in [2.05, 4.69) is 0 Å². The van der Waals surface area contributed by atoms with Gasteiger partial charge < -0.3 is 9.64 Å². The fraction of sp³-hybridized carbons (Fsp3) is 0.222. The van der Waals surface area contributed by atoms with Crippen molar-refractivity contribution in [3.8, 4) is 0 Å². The molecule has 0 aliphatic carbocycles. The molecule has 26 heavy (non-hydrogen) atoms. The van der Waals surface area contributed by atoms with Crippen LogP contribution in [0.3, 0.4) is 0 Å². The molecule has 136 valence electrons. The summed E-state index contributed by atoms with van der Waals surface area (Å²) in [7, 11) is 1.59. The standard InChI is InChI=1S/C18H17ClN2O5/c1-12(17(22)20(2)11-13-6-4-3-5-7-13)26-18(23)15-9-8-14(19)10-16(15)21(24)25/h3-10,12H,11H2,1-2H3. The Morgan fingerprint density at radius 2 is 1.88 bits per heavy atom. The van der Waals surface area contributed by atoms with Crippen LogP contribution in [0.5, 0.6) is 0 Å². The highest BCUT2D eigenvalue weighted by molar-refractivity contribution is 6.31. The average Bonchev–Trinajstić information content (AvgIpc) is 2.61. The smallest absolute Gasteiger partial charge is 0.345 e. The van der Waals surface area contributed by atoms with E-state index >= 15 is 0 Å². The third-order valence-electron chi connectivity index (χ3n) is 3.65. The van der Waals surface area contributed by atoms with E-state index in [-0.39, 0.29) is 10.6 Å². The monoisotopic (exact) mass is 376 g/mol. The van der Waals surface area contributed by atoms with Crippen LogP contribution in [0.1, 0.15) is 22.8 Å². The number of hydrogen-bond acceptors (Lipinski definition) is 5. The van der Waals surface area contributed by atoms with Gasteiger partial charge in [0.05, 0.1) is 4.92 Å². The first kappa shape index (κ1) is 19.4. The molecule has 7 nitrogen and oxygen atoms in total. The number of benzene rings is 2. The summed E-state index contributed by atoms with van der Waals surface area (Å²) < 4.78 is 5.11. The maximum atomic E-state index is 12.4. The molecule has 2 aromatic carbocycles. The van der Waals surface area contributed by atoms with Crippen LogP contribution in [0.15, 0.2) is 48.5 Å². The van der Waals surface area contributed by atoms with Crippen molar-refractivity contribution in [2.45, 2.75) is 19.6 Å². The van der Waals surface area contributed by atoms with Gasteiger partial charge in [-0.05, 0) is 24.6 Å². The number of esters is 1. The molecule has 2 rings (SSSR count). The van der Waals surface area contributed by atoms with E-state index in [0.29, 0.717) is 6.54 Å². The number of rotatable bonds is 6. The van der Waals surface area contributed by atoms with E-state index in [4.69, 9.17) is 16.3 Å². The second kappa shape index (κ2) is 8.44. The SMILES string of the molecule is CC(OC(=O)c1ccc(Cl)cc1[N+](=O)[O-])C(=O)N(C)Cc1ccccc1. The van der Waals surface area contributed by atoms with E-state index in [0.717, 1.165) is 11.6 Å². The summed E-state index contributed by atoms with van der Waals surface area (Å²) in [4.78, 5) is 36.4. The molecule has 0 aliphatic rings. The summed E-state index contributed by atoms with van der Waals surface area (Å²) in [5.41, 5.74) is 0.194. The Kier molecular flexibility index (Phi) is 6.30. The van der Waals surface area contributed by atoms with Gasteiger partial charge in [-0.3, -0.25) is 14.9 Å². The van der Waals surface area contributed by atoms with E-state index in [1.807, 2.05) is 30.3 Å². The van der Waals surface area contributed by atoms with Gasteiger partial charge in [0.25, 0.3) is 11.6 Å². The second-order valence-corrected chi connectivity index (χ2v) is 6.08. The molecular weight excluding hydrogens is 360 g/mol. The zero-order valence-corrected chi connectivity index (χ0v) is 15.0. The molecule has 1 unspecified atom stereocenters. The first-order valence-electron chi connectivity index (χ1n) is 7.73. The third kappa shape index (κ3) is 4.80. The molecule has 1 atom stereocenters. The zero-order valence-electron chi connectivity index (χ0n) is 14.2. The molecule has 0 saturated heterocycles. The number of nitro benzene ring substituents is 1. The van der Waals surface area contributed by atoms with Crippen molar-refractivity contribution in [3.05, 3.63) is 74.8 Å². The molecule has 0 bridgehead atoms. The molecule has 0 saturated carbocycles. The molecule has 0 heterocycles. The fourth-order valence-electron chi connectivity index (χ4n) is 2.35. The summed E-state index contributed by atoms with van der Waals surface area (Å²) in [5, 5.41) is 11.2. The molecule has 0 aromatic heterocycles. The predicted molar refractivity (Wildman–Crippen MR) is 95.9 cm³/mol. The van der Waals surface area contributed by atoms with Crippen molar-refractivity contribution < 1.29 is 19.2 Å². The third-order valence-corrected chi connectivity index (χ3v) is 3.88. The highest BCUT2D eigenvalue weighted by Crippen LogP contribution is 2.24. The Bertz CT molecular complexity index is 826. The van der Waals surface area contributed by atoms with Crippen molar-refractivity contribution in [1.82, 2.24) is 4.90 Å². The van der Waals surface area contributed by atoms with Crippen molar-refractivity contribution in [2.24, 2.45) is 0 Å². The van der Waals surface area contributed by atoms with Gasteiger partial charge >= 0.3 is 5.97 Å². The molecular formula is C18H17ClN2O5. The van der Waals surface area contributed by atoms with Gasteiger partial charge in [-0.15, -0.1) is 0 Å². The molecule has 1 amide bonds. The summed E-state index contributed by atoms with van der Waals surface area (Å²) >= 11 is 5.72. The van der Waals surface area contributed by atoms with Crippen LogP contribution in [0, 0.1) is 10.1 Å². The van der Waals surface area contributed by atoms with Gasteiger partial charge in [0, 0.05) is 24.7 Å². The number of ether oxygens (including phenoxy) is 1. The zero-order chi connectivity index (χ0) is 19.3. The molecule has 2 aromatic rings. The van der Waals surface area contributed by atoms with Gasteiger partial charge in [-0.25, -0.2) is 4.79 Å². The molecule has 0 fully saturated rings. The van der Waals surface area contributed by atoms with Crippen LogP contribution in [0.2, 0.25) is 5.02 Å². The topological polar surface area (TPSA) is 89.7 Å². The number of carbonyl (C=O) groups excluding carboxylic acids is 2. The first-order chi connectivity index (χ1) is 12.3. The Hall–Kier alpha value is -2.93. The normalized spacial score (nSPS) is 11.5. The summed E-state index contributed by atoms with van der Waals surface area (Å²) in [6, 6.07) is 12.9. The van der Waals surface area contributed by atoms with Crippen LogP contribution < -0.4 is 0 Å². The minimum absolute atomic E-state index is 0.125. The van der Waals surface area contributed by atoms with Crippen LogP contribution >= 0.6 is 11.6 Å². The fourth-order valence-corrected chi connectivity index (χ4v) is 2.51. The van der Waals surface area contributed by atoms with E-state index < -0.39 is 28.6 Å². The Morgan fingerprint density at radius 3 is 2.50 bits per heavy atom. The number of hydrogen-bond donors (Lipinski definition) is 0. The van der Waals surface area contributed by atoms with Crippen molar-refractivity contribution in [1.29, 1.82) is 0 Å². The number of likely N-dealkylation sites (N-methyl/N-ethyl adjacent to an activating group) is 1. The summed E-state index contributed by atoms with van der Waals surface area (Å²) in [6.45, 7) is 1.77. The lowest BCUT2D eigenvalue weighted by Gasteiger charge is -2.21. The maximum absolute atomic E-state index is 12.4. The molecule has 0 aliphatic heterocycles. The van der Waals surface area contributed by atoms with Crippen LogP contribution in [0.25, 0.3) is 0 Å². The minimum atomic E-state index is -1.09. The Balaban J connectivity index is 2.07. The number of halogens is 1. The Labute approximate surface area is 155 Å². The van der Waals surface area contributed by atoms with Gasteiger partial charge in [0.2, 0.25) is 0 Å². The lowest BCUT2D eigenvalue weighted by atomic mass is 10.2. The van der Waals surface area contributed by atoms with Crippen LogP contribution in [-0.4, -0.2) is 34.9 Å². The summed E-state index contributed by atoms with van der Waals surface area (Å²) in [6.07, 6.45) is -1.09.